The number of aliphatic hydroxyl groups excluding tert-OH is 1. The molecule has 1 aromatic rings. The van der Waals surface area contributed by atoms with Crippen molar-refractivity contribution in [3.63, 3.8) is 0 Å². The number of nitrogens with one attached hydrogen (secondary N) is 1. The van der Waals surface area contributed by atoms with Crippen molar-refractivity contribution in [3.05, 3.63) is 41.4 Å². The maximum atomic E-state index is 11.4. The number of carbonyl (C=O) groups is 1. The minimum Gasteiger partial charge on any atom is -0.383 e. The van der Waals surface area contributed by atoms with Crippen LogP contribution >= 0.6 is 15.9 Å². The smallest absolute Gasteiger partial charge is 0.253 e. The van der Waals surface area contributed by atoms with Crippen LogP contribution in [0.3, 0.4) is 0 Å². The minimum absolute atomic E-state index is 0.252. The van der Waals surface area contributed by atoms with Gasteiger partial charge in [-0.1, -0.05) is 22.0 Å². The average molecular weight is 270 g/mol. The molecule has 0 aliphatic rings. The van der Waals surface area contributed by atoms with Crippen LogP contribution in [-0.2, 0) is 4.79 Å². The second-order valence-corrected chi connectivity index (χ2v) is 3.95. The molecule has 2 N–H and O–H groups in total. The van der Waals surface area contributed by atoms with Gasteiger partial charge in [0.05, 0.1) is 0 Å². The summed E-state index contributed by atoms with van der Waals surface area (Å²) in [6.45, 7) is 3.46. The number of rotatable bonds is 4. The minimum atomic E-state index is -1.04. The van der Waals surface area contributed by atoms with E-state index in [2.05, 4.69) is 27.8 Å². The van der Waals surface area contributed by atoms with Gasteiger partial charge in [-0.25, -0.2) is 0 Å². The molecule has 1 rings (SSSR count). The molecule has 15 heavy (non-hydrogen) atoms. The van der Waals surface area contributed by atoms with E-state index in [4.69, 9.17) is 0 Å². The number of anilines is 1. The summed E-state index contributed by atoms with van der Waals surface area (Å²) in [6, 6.07) is 7.14. The van der Waals surface area contributed by atoms with Gasteiger partial charge in [0, 0.05) is 16.6 Å². The van der Waals surface area contributed by atoms with E-state index in [0.717, 1.165) is 4.47 Å². The molecule has 4 heteroatoms. The van der Waals surface area contributed by atoms with Crippen LogP contribution in [0, 0.1) is 0 Å². The maximum absolute atomic E-state index is 11.4. The number of aliphatic hydroxyl groups is 1. The van der Waals surface area contributed by atoms with Crippen LogP contribution in [0.5, 0.6) is 0 Å². The largest absolute Gasteiger partial charge is 0.383 e. The number of carbonyl (C=O) groups excluding carboxylic acids is 1. The monoisotopic (exact) mass is 269 g/mol. The van der Waals surface area contributed by atoms with Crippen LogP contribution in [0.15, 0.2) is 41.4 Å². The van der Waals surface area contributed by atoms with Crippen molar-refractivity contribution in [2.24, 2.45) is 0 Å². The first-order valence-corrected chi connectivity index (χ1v) is 5.28. The molecule has 1 amide bonds. The highest BCUT2D eigenvalue weighted by atomic mass is 79.9. The van der Waals surface area contributed by atoms with Gasteiger partial charge in [0.25, 0.3) is 5.91 Å². The fourth-order valence-corrected chi connectivity index (χ4v) is 1.29. The van der Waals surface area contributed by atoms with Crippen LogP contribution in [0.2, 0.25) is 0 Å². The molecule has 0 fully saturated rings. The van der Waals surface area contributed by atoms with Crippen LogP contribution in [0.4, 0.5) is 5.69 Å². The molecule has 0 aliphatic carbocycles. The number of hydrogen-bond donors (Lipinski definition) is 2. The van der Waals surface area contributed by atoms with E-state index < -0.39 is 12.0 Å². The molecule has 0 aromatic heterocycles. The second kappa shape index (κ2) is 5.68. The molecular weight excluding hydrogens is 258 g/mol. The predicted molar refractivity (Wildman–Crippen MR) is 63.6 cm³/mol. The highest BCUT2D eigenvalue weighted by Crippen LogP contribution is 2.14. The van der Waals surface area contributed by atoms with Crippen LogP contribution in [-0.4, -0.2) is 17.1 Å². The number of halogens is 1. The van der Waals surface area contributed by atoms with Crippen molar-refractivity contribution in [1.29, 1.82) is 0 Å². The Morgan fingerprint density at radius 1 is 1.53 bits per heavy atom. The van der Waals surface area contributed by atoms with Crippen molar-refractivity contribution < 1.29 is 9.90 Å². The molecule has 1 unspecified atom stereocenters. The molecule has 0 saturated carbocycles. The lowest BCUT2D eigenvalue weighted by Gasteiger charge is -2.09. The van der Waals surface area contributed by atoms with E-state index in [0.29, 0.717) is 5.69 Å². The first-order valence-electron chi connectivity index (χ1n) is 4.49. The van der Waals surface area contributed by atoms with Crippen molar-refractivity contribution in [2.45, 2.75) is 12.5 Å². The van der Waals surface area contributed by atoms with Gasteiger partial charge in [0.2, 0.25) is 0 Å². The lowest BCUT2D eigenvalue weighted by molar-refractivity contribution is -0.123. The summed E-state index contributed by atoms with van der Waals surface area (Å²) in [5, 5.41) is 11.9. The number of benzene rings is 1. The Bertz CT molecular complexity index is 348. The zero-order valence-electron chi connectivity index (χ0n) is 8.11. The molecule has 80 valence electrons. The van der Waals surface area contributed by atoms with Crippen LogP contribution in [0.1, 0.15) is 6.42 Å². The quantitative estimate of drug-likeness (QED) is 0.825. The van der Waals surface area contributed by atoms with Gasteiger partial charge in [-0.15, -0.1) is 6.58 Å². The van der Waals surface area contributed by atoms with Gasteiger partial charge in [-0.3, -0.25) is 4.79 Å². The number of hydrogen-bond acceptors (Lipinski definition) is 2. The number of amides is 1. The van der Waals surface area contributed by atoms with Crippen molar-refractivity contribution in [3.8, 4) is 0 Å². The third-order valence-corrected chi connectivity index (χ3v) is 2.33. The van der Waals surface area contributed by atoms with Gasteiger partial charge in [-0.05, 0) is 24.3 Å². The summed E-state index contributed by atoms with van der Waals surface area (Å²) in [7, 11) is 0. The molecule has 0 radical (unpaired) electrons. The normalized spacial score (nSPS) is 11.9. The fourth-order valence-electron chi connectivity index (χ4n) is 1.02. The zero-order valence-corrected chi connectivity index (χ0v) is 9.70. The van der Waals surface area contributed by atoms with Crippen LogP contribution in [0.25, 0.3) is 0 Å². The molecule has 0 saturated heterocycles. The Hall–Kier alpha value is -1.13. The Kier molecular flexibility index (Phi) is 4.52. The molecule has 0 aliphatic heterocycles. The first kappa shape index (κ1) is 11.9. The summed E-state index contributed by atoms with van der Waals surface area (Å²) >= 11 is 3.29. The van der Waals surface area contributed by atoms with E-state index in [1.165, 1.54) is 6.08 Å². The standard InChI is InChI=1S/C11H12BrNO2/c1-2-3-10(14)11(15)13-9-6-4-8(12)5-7-9/h2,4-7,10,14H,1,3H2,(H,13,15). The molecule has 0 bridgehead atoms. The first-order chi connectivity index (χ1) is 7.13. The molecule has 0 heterocycles. The van der Waals surface area contributed by atoms with Crippen molar-refractivity contribution in [2.75, 3.05) is 5.32 Å². The predicted octanol–water partition coefficient (Wildman–Crippen LogP) is 2.32. The van der Waals surface area contributed by atoms with E-state index >= 15 is 0 Å². The topological polar surface area (TPSA) is 49.3 Å². The second-order valence-electron chi connectivity index (χ2n) is 3.04. The van der Waals surface area contributed by atoms with E-state index in [9.17, 15) is 9.90 Å². The maximum Gasteiger partial charge on any atom is 0.253 e. The third kappa shape index (κ3) is 3.85. The Labute approximate surface area is 96.9 Å². The van der Waals surface area contributed by atoms with Crippen molar-refractivity contribution in [1.82, 2.24) is 0 Å². The molecule has 0 spiro atoms. The summed E-state index contributed by atoms with van der Waals surface area (Å²) in [4.78, 5) is 11.4. The average Bonchev–Trinajstić information content (AvgIpc) is 2.22. The Morgan fingerprint density at radius 2 is 2.13 bits per heavy atom. The van der Waals surface area contributed by atoms with Gasteiger partial charge < -0.3 is 10.4 Å². The van der Waals surface area contributed by atoms with Gasteiger partial charge in [-0.2, -0.15) is 0 Å². The van der Waals surface area contributed by atoms with E-state index in [1.807, 2.05) is 12.1 Å². The zero-order chi connectivity index (χ0) is 11.3. The third-order valence-electron chi connectivity index (χ3n) is 1.80. The summed E-state index contributed by atoms with van der Waals surface area (Å²) < 4.78 is 0.937. The van der Waals surface area contributed by atoms with E-state index in [-0.39, 0.29) is 6.42 Å². The SMILES string of the molecule is C=CCC(O)C(=O)Nc1ccc(Br)cc1. The highest BCUT2D eigenvalue weighted by molar-refractivity contribution is 9.10. The van der Waals surface area contributed by atoms with Gasteiger partial charge in [0.15, 0.2) is 0 Å². The van der Waals surface area contributed by atoms with Crippen LogP contribution < -0.4 is 5.32 Å². The summed E-state index contributed by atoms with van der Waals surface area (Å²) in [5.74, 6) is -0.419. The Balaban J connectivity index is 2.58. The molecular formula is C11H12BrNO2. The lowest BCUT2D eigenvalue weighted by Crippen LogP contribution is -2.26. The van der Waals surface area contributed by atoms with Gasteiger partial charge >= 0.3 is 0 Å². The highest BCUT2D eigenvalue weighted by Gasteiger charge is 2.12. The lowest BCUT2D eigenvalue weighted by atomic mass is 10.2. The fraction of sp³-hybridized carbons (Fsp3) is 0.182. The Morgan fingerprint density at radius 3 is 2.67 bits per heavy atom. The van der Waals surface area contributed by atoms with Crippen molar-refractivity contribution >= 4 is 27.5 Å². The molecule has 3 nitrogen and oxygen atoms in total. The summed E-state index contributed by atoms with van der Waals surface area (Å²) in [6.07, 6.45) is 0.722. The molecule has 1 atom stereocenters. The molecule has 1 aromatic carbocycles. The summed E-state index contributed by atoms with van der Waals surface area (Å²) in [5.41, 5.74) is 0.659. The van der Waals surface area contributed by atoms with E-state index in [1.54, 1.807) is 12.1 Å². The van der Waals surface area contributed by atoms with Gasteiger partial charge in [0.1, 0.15) is 6.10 Å².